The minimum absolute atomic E-state index is 0.0157. The average molecular weight is 2020 g/mol. The Morgan fingerprint density at radius 3 is 1.19 bits per heavy atom. The molecule has 0 unspecified atom stereocenters. The Hall–Kier alpha value is -7.82. The lowest BCUT2D eigenvalue weighted by Gasteiger charge is -2.35. The number of alkyl carbamates (subject to hydrolysis) is 1. The van der Waals surface area contributed by atoms with Crippen LogP contribution in [0.1, 0.15) is 78.7 Å². The zero-order chi connectivity index (χ0) is 102. The van der Waals surface area contributed by atoms with Crippen molar-refractivity contribution in [3.63, 3.8) is 0 Å². The van der Waals surface area contributed by atoms with Crippen molar-refractivity contribution in [2.75, 3.05) is 350 Å². The molecule has 0 aliphatic carbocycles. The van der Waals surface area contributed by atoms with Crippen molar-refractivity contribution >= 4 is 65.2 Å². The fourth-order valence-corrected chi connectivity index (χ4v) is 12.1. The number of aliphatic hydroxyl groups excluding tert-OH is 2. The molecule has 1 fully saturated rings. The summed E-state index contributed by atoms with van der Waals surface area (Å²) in [6.07, 6.45) is -7.23. The predicted octanol–water partition coefficient (Wildman–Crippen LogP) is -0.482. The van der Waals surface area contributed by atoms with Crippen molar-refractivity contribution < 1.29 is 196 Å². The highest BCUT2D eigenvalue weighted by Gasteiger charge is 2.42. The van der Waals surface area contributed by atoms with Gasteiger partial charge in [0.05, 0.1) is 329 Å². The van der Waals surface area contributed by atoms with Crippen LogP contribution in [0, 0.1) is 5.92 Å². The van der Waals surface area contributed by atoms with E-state index in [0.717, 1.165) is 17.1 Å². The maximum atomic E-state index is 14.2. The normalized spacial score (nSPS) is 15.5. The second kappa shape index (κ2) is 84.5. The van der Waals surface area contributed by atoms with E-state index in [1.165, 1.54) is 25.2 Å². The molecule has 2 heterocycles. The highest BCUT2D eigenvalue weighted by molar-refractivity contribution is 6.15. The molecule has 808 valence electrons. The number of primary amides is 1. The summed E-state index contributed by atoms with van der Waals surface area (Å²) >= 11 is 0. The Balaban J connectivity index is 1.12. The first-order valence-corrected chi connectivity index (χ1v) is 47.5. The maximum absolute atomic E-state index is 14.2. The van der Waals surface area contributed by atoms with Gasteiger partial charge in [0.2, 0.25) is 35.8 Å². The summed E-state index contributed by atoms with van der Waals surface area (Å²) in [4.78, 5) is 132. The van der Waals surface area contributed by atoms with Gasteiger partial charge in [-0.25, -0.2) is 14.4 Å². The van der Waals surface area contributed by atoms with Crippen molar-refractivity contribution in [1.29, 1.82) is 0 Å². The molecule has 1 aromatic rings. The fourth-order valence-electron chi connectivity index (χ4n) is 12.1. The lowest BCUT2D eigenvalue weighted by Crippen LogP contribution is -2.58. The van der Waals surface area contributed by atoms with Crippen LogP contribution in [0.3, 0.4) is 0 Å². The number of nitrogens with one attached hydrogen (secondary N) is 5. The van der Waals surface area contributed by atoms with Crippen LogP contribution in [0.5, 0.6) is 5.75 Å². The number of aliphatic hydroxyl groups is 2. The Morgan fingerprint density at radius 1 is 0.479 bits per heavy atom. The van der Waals surface area contributed by atoms with E-state index in [4.69, 9.17) is 138 Å². The molecular formula is C91H158N8O41. The number of methoxy groups -OCH3 is 1. The smallest absolute Gasteiger partial charge is 0.410 e. The third-order valence-corrected chi connectivity index (χ3v) is 19.2. The first kappa shape index (κ1) is 126. The zero-order valence-electron chi connectivity index (χ0n) is 82.6. The van der Waals surface area contributed by atoms with Gasteiger partial charge in [0, 0.05) is 58.7 Å². The topological polar surface area (TPSA) is 582 Å². The Labute approximate surface area is 820 Å². The van der Waals surface area contributed by atoms with E-state index in [0.29, 0.717) is 296 Å². The molecule has 0 spiro atoms. The minimum atomic E-state index is -1.77. The van der Waals surface area contributed by atoms with E-state index >= 15 is 0 Å². The number of carboxylic acids is 1. The summed E-state index contributed by atoms with van der Waals surface area (Å²) in [5.74, 6) is -7.52. The molecule has 1 saturated heterocycles. The van der Waals surface area contributed by atoms with Crippen molar-refractivity contribution in [2.45, 2.75) is 128 Å². The number of rotatable bonds is 95. The number of nitrogens with two attached hydrogens (primary N) is 1. The zero-order valence-corrected chi connectivity index (χ0v) is 82.6. The third-order valence-electron chi connectivity index (χ3n) is 19.2. The Morgan fingerprint density at radius 2 is 0.843 bits per heavy atom. The summed E-state index contributed by atoms with van der Waals surface area (Å²) in [5, 5.41) is 43.7. The summed E-state index contributed by atoms with van der Waals surface area (Å²) in [7, 11) is 2.96. The molecule has 10 N–H and O–H groups in total. The van der Waals surface area contributed by atoms with Crippen LogP contribution in [0.4, 0.5) is 15.3 Å². The van der Waals surface area contributed by atoms with Gasteiger partial charge in [-0.15, -0.1) is 0 Å². The number of likely N-dealkylation sites (N-methyl/N-ethyl adjacent to an activating group) is 1. The number of amides is 9. The van der Waals surface area contributed by atoms with E-state index in [1.807, 2.05) is 0 Å². The number of nitrogens with zero attached hydrogens (tertiary/aromatic N) is 2. The van der Waals surface area contributed by atoms with Crippen LogP contribution in [-0.2, 0) is 173 Å². The Kier molecular flexibility index (Phi) is 76.3. The lowest BCUT2D eigenvalue weighted by molar-refractivity contribution is -0.238. The molecule has 1 aromatic carbocycles. The second-order valence-corrected chi connectivity index (χ2v) is 31.9. The molecule has 49 heteroatoms. The first-order chi connectivity index (χ1) is 67.8. The Bertz CT molecular complexity index is 3420. The molecule has 7 atom stereocenters. The SMILES string of the molecule is COCCOCCOCCOCCOCCOCCOCCOCCOCCOCCOCCOCCOCCOCCOCCOCCOCCOCCOCCOCCOCCOCCOCCOCCC(=O)NCCCC[C@H](NC(=O)[C@H](CNC(=O)OC(C)(C)C)N1C(=O)C=CC1=O)C(=O)NCCC(=O)Nc1cc(COC(=O)N(C)[C@H](C(N)=O)C(C)C)ccc1O[C@@H]1O[C@H](C(=O)O)C[C@H](O)[C@H]1O. The van der Waals surface area contributed by atoms with Crippen LogP contribution in [0.2, 0.25) is 0 Å². The summed E-state index contributed by atoms with van der Waals surface area (Å²) in [6, 6.07) is -0.112. The highest BCUT2D eigenvalue weighted by Crippen LogP contribution is 2.32. The van der Waals surface area contributed by atoms with Crippen LogP contribution < -0.4 is 37.1 Å². The van der Waals surface area contributed by atoms with E-state index in [1.54, 1.807) is 41.7 Å². The van der Waals surface area contributed by atoms with E-state index in [2.05, 4.69) is 26.6 Å². The number of carbonyl (C=O) groups excluding carboxylic acids is 9. The number of hydrogen-bond acceptors (Lipinski definition) is 40. The quantitative estimate of drug-likeness (QED) is 0.0294. The molecular weight excluding hydrogens is 1860 g/mol. The number of aliphatic carboxylic acids is 1. The van der Waals surface area contributed by atoms with Gasteiger partial charge in [-0.05, 0) is 63.6 Å². The highest BCUT2D eigenvalue weighted by atomic mass is 16.7. The molecule has 3 rings (SSSR count). The van der Waals surface area contributed by atoms with Crippen LogP contribution >= 0.6 is 0 Å². The van der Waals surface area contributed by atoms with Gasteiger partial charge in [0.15, 0.2) is 6.10 Å². The molecule has 0 radical (unpaired) electrons. The van der Waals surface area contributed by atoms with Crippen molar-refractivity contribution in [1.82, 2.24) is 31.1 Å². The predicted molar refractivity (Wildman–Crippen MR) is 495 cm³/mol. The van der Waals surface area contributed by atoms with Gasteiger partial charge in [0.1, 0.15) is 42.2 Å². The first-order valence-electron chi connectivity index (χ1n) is 47.5. The number of anilines is 1. The van der Waals surface area contributed by atoms with Gasteiger partial charge >= 0.3 is 18.2 Å². The molecule has 2 aliphatic rings. The molecule has 0 aromatic heterocycles. The largest absolute Gasteiger partial charge is 0.479 e. The average Bonchev–Trinajstić information content (AvgIpc) is 1.62. The standard InChI is InChI=1S/C91H158N8O41/c1-70(2)82(84(92)106)98(6)90(112)137-69-71-11-12-76(138-88-83(105)75(100)67-77(139-88)87(109)110)73(66-71)96-79(102)15-18-94-85(107)72(97-86(108)74(99-80(103)13-14-81(99)104)68-95-89(111)140-91(3,4)5)10-8-9-17-93-78(101)16-19-114-22-23-116-26-27-118-30-31-120-34-35-122-38-39-124-42-43-126-46-47-128-50-51-130-54-55-132-58-59-134-62-63-136-65-64-135-61-60-133-57-56-131-53-52-129-49-48-127-45-44-125-41-40-123-37-36-121-33-32-119-29-28-117-25-24-115-21-20-113-7/h11-14,66,70,72,74-75,77,82-83,88,100,105H,8-10,15-65,67-69H2,1-7H3,(H2,92,106)(H,93,101)(H,94,107)(H,95,111)(H,96,102)(H,97,108)(H,109,110)/t72-,74-,75-,77-,82-,83+,88+/m0/s1. The molecule has 49 nitrogen and oxygen atoms in total. The molecule has 2 aliphatic heterocycles. The van der Waals surface area contributed by atoms with Gasteiger partial charge in [-0.2, -0.15) is 0 Å². The van der Waals surface area contributed by atoms with Gasteiger partial charge in [0.25, 0.3) is 11.8 Å². The summed E-state index contributed by atoms with van der Waals surface area (Å²) in [5.41, 5.74) is 4.67. The van der Waals surface area contributed by atoms with E-state index in [-0.39, 0.29) is 87.4 Å². The number of imide groups is 1. The van der Waals surface area contributed by atoms with E-state index < -0.39 is 128 Å². The van der Waals surface area contributed by atoms with Gasteiger partial charge in [-0.3, -0.25) is 43.4 Å². The second-order valence-electron chi connectivity index (χ2n) is 31.9. The number of unbranched alkanes of at least 4 members (excludes halogenated alkanes) is 1. The number of hydrogen-bond donors (Lipinski definition) is 9. The number of carboxylic acid groups (broad SMARTS) is 1. The van der Waals surface area contributed by atoms with Crippen LogP contribution in [0.15, 0.2) is 30.4 Å². The number of benzene rings is 1. The number of ether oxygens (including phenoxy) is 28. The molecule has 140 heavy (non-hydrogen) atoms. The minimum Gasteiger partial charge on any atom is -0.479 e. The monoisotopic (exact) mass is 2020 g/mol. The third kappa shape index (κ3) is 66.9. The van der Waals surface area contributed by atoms with Gasteiger partial charge < -0.3 is 180 Å². The van der Waals surface area contributed by atoms with Crippen molar-refractivity contribution in [3.8, 4) is 5.75 Å². The lowest BCUT2D eigenvalue weighted by atomic mass is 10.0. The molecule has 9 amide bonds. The fraction of sp³-hybridized carbons (Fsp3) is 0.802. The molecule has 0 saturated carbocycles. The summed E-state index contributed by atoms with van der Waals surface area (Å²) < 4.78 is 154. The van der Waals surface area contributed by atoms with Crippen molar-refractivity contribution in [2.24, 2.45) is 11.7 Å². The van der Waals surface area contributed by atoms with Crippen LogP contribution in [-0.4, -0.2) is 477 Å². The van der Waals surface area contributed by atoms with Crippen molar-refractivity contribution in [3.05, 3.63) is 35.9 Å². The number of carbonyl (C=O) groups is 10. The van der Waals surface area contributed by atoms with Crippen LogP contribution in [0.25, 0.3) is 0 Å². The maximum Gasteiger partial charge on any atom is 0.410 e. The van der Waals surface area contributed by atoms with E-state index in [9.17, 15) is 63.3 Å². The molecule has 0 bridgehead atoms. The summed E-state index contributed by atoms with van der Waals surface area (Å²) in [6.45, 7) is 27.3. The van der Waals surface area contributed by atoms with Gasteiger partial charge in [-0.1, -0.05) is 19.9 Å².